The first-order valence-electron chi connectivity index (χ1n) is 15.5. The summed E-state index contributed by atoms with van der Waals surface area (Å²) in [5.41, 5.74) is 0. The van der Waals surface area contributed by atoms with E-state index >= 15 is 0 Å². The molecular formula is C31H66O2. The van der Waals surface area contributed by atoms with E-state index in [0.717, 1.165) is 12.8 Å². The molecule has 0 bridgehead atoms. The van der Waals surface area contributed by atoms with E-state index in [1.165, 1.54) is 154 Å². The molecule has 33 heavy (non-hydrogen) atoms. The van der Waals surface area contributed by atoms with Crippen molar-refractivity contribution in [1.82, 2.24) is 0 Å². The predicted octanol–water partition coefficient (Wildman–Crippen LogP) is 10.5. The van der Waals surface area contributed by atoms with Gasteiger partial charge in [-0.2, -0.15) is 0 Å². The number of hydrogen-bond acceptors (Lipinski definition) is 2. The zero-order valence-electron chi connectivity index (χ0n) is 23.6. The van der Waals surface area contributed by atoms with E-state index in [2.05, 4.69) is 13.8 Å². The van der Waals surface area contributed by atoms with Gasteiger partial charge in [0.2, 0.25) is 0 Å². The lowest BCUT2D eigenvalue weighted by Crippen LogP contribution is -1.98. The molecule has 0 aliphatic carbocycles. The van der Waals surface area contributed by atoms with E-state index in [0.29, 0.717) is 6.61 Å². The fourth-order valence-electron chi connectivity index (χ4n) is 4.41. The lowest BCUT2D eigenvalue weighted by atomic mass is 10.0. The predicted molar refractivity (Wildman–Crippen MR) is 150 cm³/mol. The van der Waals surface area contributed by atoms with Crippen molar-refractivity contribution in [3.05, 3.63) is 0 Å². The molecule has 202 valence electrons. The molecule has 2 N–H and O–H groups in total. The summed E-state index contributed by atoms with van der Waals surface area (Å²) in [7, 11) is 0. The second kappa shape index (κ2) is 34.1. The van der Waals surface area contributed by atoms with E-state index in [4.69, 9.17) is 10.2 Å². The second-order valence-corrected chi connectivity index (χ2v) is 10.5. The van der Waals surface area contributed by atoms with Crippen molar-refractivity contribution in [2.45, 2.75) is 194 Å². The quantitative estimate of drug-likeness (QED) is 0.123. The minimum atomic E-state index is -0.0986. The molecule has 0 aliphatic heterocycles. The van der Waals surface area contributed by atoms with Crippen LogP contribution in [-0.2, 0) is 0 Å². The van der Waals surface area contributed by atoms with E-state index in [1.807, 2.05) is 6.92 Å². The summed E-state index contributed by atoms with van der Waals surface area (Å²) in [5, 5.41) is 17.7. The normalized spacial score (nSPS) is 11.9. The lowest BCUT2D eigenvalue weighted by Gasteiger charge is -2.04. The summed E-state index contributed by atoms with van der Waals surface area (Å²) in [6.07, 6.45) is 35.3. The van der Waals surface area contributed by atoms with Gasteiger partial charge in [0.25, 0.3) is 0 Å². The van der Waals surface area contributed by atoms with Gasteiger partial charge in [0.15, 0.2) is 0 Å². The third-order valence-corrected chi connectivity index (χ3v) is 6.74. The Kier molecular flexibility index (Phi) is 36.2. The number of aliphatic hydroxyl groups excluding tert-OH is 2. The van der Waals surface area contributed by atoms with Gasteiger partial charge in [0.1, 0.15) is 0 Å². The van der Waals surface area contributed by atoms with Gasteiger partial charge in [-0.3, -0.25) is 0 Å². The van der Waals surface area contributed by atoms with Crippen LogP contribution in [0.15, 0.2) is 0 Å². The first kappa shape index (κ1) is 35.1. The van der Waals surface area contributed by atoms with Crippen LogP contribution >= 0.6 is 0 Å². The number of hydrogen-bond donors (Lipinski definition) is 2. The molecule has 1 atom stereocenters. The monoisotopic (exact) mass is 471 g/mol. The van der Waals surface area contributed by atoms with Crippen molar-refractivity contribution < 1.29 is 10.2 Å². The Balaban J connectivity index is 0. The maximum Gasteiger partial charge on any atom is 0.0512 e. The molecule has 0 radical (unpaired) electrons. The molecule has 0 aromatic rings. The van der Waals surface area contributed by atoms with Gasteiger partial charge in [0.05, 0.1) is 6.10 Å². The summed E-state index contributed by atoms with van der Waals surface area (Å²) in [4.78, 5) is 0. The highest BCUT2D eigenvalue weighted by Gasteiger charge is 1.96. The van der Waals surface area contributed by atoms with Gasteiger partial charge in [-0.15, -0.1) is 0 Å². The minimum absolute atomic E-state index is 0.0986. The maximum atomic E-state index is 9.10. The number of rotatable bonds is 26. The standard InChI is InChI=1S/C16H34O.C15H32O/c1-2-3-4-5-6-7-8-9-10-11-12-13-14-15-16-17;1-3-4-5-6-7-8-9-10-11-12-13-14-15(2)16/h17H,2-16H2,1H3;15-16H,3-14H2,1-2H3. The molecule has 0 heterocycles. The van der Waals surface area contributed by atoms with E-state index in [-0.39, 0.29) is 6.10 Å². The molecule has 0 aromatic heterocycles. The molecule has 0 saturated heterocycles. The van der Waals surface area contributed by atoms with Gasteiger partial charge in [-0.05, 0) is 19.8 Å². The average Bonchev–Trinajstić information content (AvgIpc) is 2.81. The van der Waals surface area contributed by atoms with Crippen molar-refractivity contribution in [3.63, 3.8) is 0 Å². The number of unbranched alkanes of at least 4 members (excludes halogenated alkanes) is 23. The average molecular weight is 471 g/mol. The third-order valence-electron chi connectivity index (χ3n) is 6.74. The Hall–Kier alpha value is -0.0800. The molecule has 0 spiro atoms. The maximum absolute atomic E-state index is 9.10. The molecule has 0 saturated carbocycles. The van der Waals surface area contributed by atoms with E-state index in [1.54, 1.807) is 0 Å². The fraction of sp³-hybridized carbons (Fsp3) is 1.00. The van der Waals surface area contributed by atoms with Crippen molar-refractivity contribution in [2.24, 2.45) is 0 Å². The molecular weight excluding hydrogens is 404 g/mol. The smallest absolute Gasteiger partial charge is 0.0512 e. The van der Waals surface area contributed by atoms with Crippen LogP contribution in [0.3, 0.4) is 0 Å². The fourth-order valence-corrected chi connectivity index (χ4v) is 4.41. The highest BCUT2D eigenvalue weighted by molar-refractivity contribution is 4.51. The highest BCUT2D eigenvalue weighted by Crippen LogP contribution is 2.13. The van der Waals surface area contributed by atoms with Crippen LogP contribution in [0.25, 0.3) is 0 Å². The SMILES string of the molecule is CCCCCCCCCCCCCC(C)O.CCCCCCCCCCCCCCCCO. The molecule has 1 unspecified atom stereocenters. The Bertz CT molecular complexity index is 289. The zero-order valence-corrected chi connectivity index (χ0v) is 23.6. The summed E-state index contributed by atoms with van der Waals surface area (Å²) in [6.45, 7) is 6.81. The van der Waals surface area contributed by atoms with E-state index in [9.17, 15) is 0 Å². The van der Waals surface area contributed by atoms with Crippen molar-refractivity contribution in [1.29, 1.82) is 0 Å². The zero-order chi connectivity index (χ0) is 24.7. The molecule has 0 amide bonds. The molecule has 0 fully saturated rings. The molecule has 0 aromatic carbocycles. The van der Waals surface area contributed by atoms with Crippen molar-refractivity contribution in [2.75, 3.05) is 6.61 Å². The van der Waals surface area contributed by atoms with E-state index < -0.39 is 0 Å². The number of aliphatic hydroxyl groups is 2. The van der Waals surface area contributed by atoms with Crippen LogP contribution in [0.1, 0.15) is 188 Å². The van der Waals surface area contributed by atoms with Crippen LogP contribution < -0.4 is 0 Å². The van der Waals surface area contributed by atoms with Gasteiger partial charge in [-0.1, -0.05) is 168 Å². The van der Waals surface area contributed by atoms with Gasteiger partial charge in [0, 0.05) is 6.61 Å². The lowest BCUT2D eigenvalue weighted by molar-refractivity contribution is 0.180. The molecule has 0 aliphatic rings. The van der Waals surface area contributed by atoms with Crippen molar-refractivity contribution in [3.8, 4) is 0 Å². The van der Waals surface area contributed by atoms with Crippen molar-refractivity contribution >= 4 is 0 Å². The highest BCUT2D eigenvalue weighted by atomic mass is 16.3. The summed E-state index contributed by atoms with van der Waals surface area (Å²) >= 11 is 0. The largest absolute Gasteiger partial charge is 0.396 e. The Morgan fingerprint density at radius 1 is 0.394 bits per heavy atom. The first-order valence-corrected chi connectivity index (χ1v) is 15.5. The molecule has 2 heteroatoms. The van der Waals surface area contributed by atoms with Gasteiger partial charge < -0.3 is 10.2 Å². The topological polar surface area (TPSA) is 40.5 Å². The van der Waals surface area contributed by atoms with Crippen LogP contribution in [0.2, 0.25) is 0 Å². The van der Waals surface area contributed by atoms with Gasteiger partial charge >= 0.3 is 0 Å². The van der Waals surface area contributed by atoms with Crippen LogP contribution in [-0.4, -0.2) is 22.9 Å². The first-order chi connectivity index (χ1) is 16.2. The second-order valence-electron chi connectivity index (χ2n) is 10.5. The minimum Gasteiger partial charge on any atom is -0.396 e. The Morgan fingerprint density at radius 2 is 0.636 bits per heavy atom. The molecule has 2 nitrogen and oxygen atoms in total. The Morgan fingerprint density at radius 3 is 0.879 bits per heavy atom. The van der Waals surface area contributed by atoms with Crippen LogP contribution in [0.5, 0.6) is 0 Å². The molecule has 0 rings (SSSR count). The van der Waals surface area contributed by atoms with Crippen LogP contribution in [0, 0.1) is 0 Å². The third kappa shape index (κ3) is 39.4. The van der Waals surface area contributed by atoms with Crippen LogP contribution in [0.4, 0.5) is 0 Å². The summed E-state index contributed by atoms with van der Waals surface area (Å²) in [6, 6.07) is 0. The Labute approximate surface area is 210 Å². The van der Waals surface area contributed by atoms with Gasteiger partial charge in [-0.25, -0.2) is 0 Å². The summed E-state index contributed by atoms with van der Waals surface area (Å²) < 4.78 is 0. The summed E-state index contributed by atoms with van der Waals surface area (Å²) in [5.74, 6) is 0.